The zero-order chi connectivity index (χ0) is 17.5. The van der Waals surface area contributed by atoms with Crippen molar-refractivity contribution in [3.8, 4) is 5.75 Å². The largest absolute Gasteiger partial charge is 0.494 e. The minimum atomic E-state index is 0.0522. The molecule has 3 rings (SSSR count). The molecule has 1 aromatic heterocycles. The van der Waals surface area contributed by atoms with E-state index in [1.807, 2.05) is 31.2 Å². The third kappa shape index (κ3) is 5.06. The smallest absolute Gasteiger partial charge is 0.234 e. The number of carbonyl (C=O) groups is 1. The molecule has 2 heterocycles. The van der Waals surface area contributed by atoms with Gasteiger partial charge in [-0.25, -0.2) is 4.98 Å². The molecule has 1 saturated heterocycles. The van der Waals surface area contributed by atoms with Gasteiger partial charge in [-0.1, -0.05) is 12.1 Å². The van der Waals surface area contributed by atoms with E-state index in [0.29, 0.717) is 25.6 Å². The van der Waals surface area contributed by atoms with Gasteiger partial charge in [0.25, 0.3) is 0 Å². The molecule has 0 saturated carbocycles. The molecule has 1 aromatic carbocycles. The predicted octanol–water partition coefficient (Wildman–Crippen LogP) is 2.57. The lowest BCUT2D eigenvalue weighted by Gasteiger charge is -2.29. The van der Waals surface area contributed by atoms with Crippen LogP contribution in [-0.2, 0) is 11.3 Å². The van der Waals surface area contributed by atoms with Gasteiger partial charge in [-0.2, -0.15) is 0 Å². The molecule has 0 aliphatic carbocycles. The quantitative estimate of drug-likeness (QED) is 0.837. The highest BCUT2D eigenvalue weighted by Crippen LogP contribution is 2.26. The minimum Gasteiger partial charge on any atom is -0.494 e. The maximum absolute atomic E-state index is 12.2. The third-order valence-corrected chi connectivity index (χ3v) is 4.45. The fourth-order valence-corrected chi connectivity index (χ4v) is 3.15. The molecule has 1 fully saturated rings. The van der Waals surface area contributed by atoms with Crippen molar-refractivity contribution >= 4 is 5.91 Å². The number of benzene rings is 1. The van der Waals surface area contributed by atoms with Gasteiger partial charge < -0.3 is 14.5 Å². The number of carbonyl (C=O) groups excluding carboxylic acids is 1. The van der Waals surface area contributed by atoms with Gasteiger partial charge >= 0.3 is 0 Å². The lowest BCUT2D eigenvalue weighted by molar-refractivity contribution is -0.122. The van der Waals surface area contributed by atoms with Crippen molar-refractivity contribution in [3.63, 3.8) is 0 Å². The van der Waals surface area contributed by atoms with E-state index in [-0.39, 0.29) is 5.91 Å². The van der Waals surface area contributed by atoms with E-state index >= 15 is 0 Å². The molecule has 25 heavy (non-hydrogen) atoms. The van der Waals surface area contributed by atoms with Crippen molar-refractivity contribution in [1.82, 2.24) is 15.2 Å². The maximum Gasteiger partial charge on any atom is 0.234 e. The number of nitrogens with one attached hydrogen (secondary N) is 1. The van der Waals surface area contributed by atoms with Crippen LogP contribution in [0.5, 0.6) is 5.75 Å². The van der Waals surface area contributed by atoms with Crippen LogP contribution in [0.15, 0.2) is 41.1 Å². The Hall–Kier alpha value is -2.34. The summed E-state index contributed by atoms with van der Waals surface area (Å²) in [4.78, 5) is 18.6. The van der Waals surface area contributed by atoms with Crippen molar-refractivity contribution in [3.05, 3.63) is 48.2 Å². The number of aromatic nitrogens is 1. The van der Waals surface area contributed by atoms with Crippen LogP contribution < -0.4 is 10.1 Å². The summed E-state index contributed by atoms with van der Waals surface area (Å²) in [5.74, 6) is 2.08. The van der Waals surface area contributed by atoms with Crippen molar-refractivity contribution in [2.45, 2.75) is 32.2 Å². The number of ether oxygens (including phenoxy) is 1. The van der Waals surface area contributed by atoms with Gasteiger partial charge in [0.15, 0.2) is 5.89 Å². The first-order valence-corrected chi connectivity index (χ1v) is 8.84. The highest BCUT2D eigenvalue weighted by atomic mass is 16.5. The first kappa shape index (κ1) is 17.5. The van der Waals surface area contributed by atoms with Crippen molar-refractivity contribution in [1.29, 1.82) is 0 Å². The number of amides is 1. The average Bonchev–Trinajstić information content (AvgIpc) is 3.16. The summed E-state index contributed by atoms with van der Waals surface area (Å²) in [6.07, 6.45) is 5.26. The zero-order valence-electron chi connectivity index (χ0n) is 14.6. The summed E-state index contributed by atoms with van der Waals surface area (Å²) in [7, 11) is 0. The van der Waals surface area contributed by atoms with Crippen LogP contribution in [0.3, 0.4) is 0 Å². The Balaban J connectivity index is 1.40. The second-order valence-corrected chi connectivity index (χ2v) is 6.28. The topological polar surface area (TPSA) is 67.6 Å². The summed E-state index contributed by atoms with van der Waals surface area (Å²) in [5.41, 5.74) is 1.04. The second kappa shape index (κ2) is 8.67. The highest BCUT2D eigenvalue weighted by molar-refractivity contribution is 5.78. The van der Waals surface area contributed by atoms with Crippen LogP contribution in [0.1, 0.15) is 37.1 Å². The first-order valence-electron chi connectivity index (χ1n) is 8.84. The van der Waals surface area contributed by atoms with E-state index in [9.17, 15) is 4.79 Å². The summed E-state index contributed by atoms with van der Waals surface area (Å²) >= 11 is 0. The van der Waals surface area contributed by atoms with Crippen LogP contribution in [0.25, 0.3) is 0 Å². The maximum atomic E-state index is 12.2. The summed E-state index contributed by atoms with van der Waals surface area (Å²) in [5, 5.41) is 2.99. The zero-order valence-corrected chi connectivity index (χ0v) is 14.6. The number of hydrogen-bond donors (Lipinski definition) is 1. The van der Waals surface area contributed by atoms with Crippen LogP contribution in [0.4, 0.5) is 0 Å². The Kier molecular flexibility index (Phi) is 6.06. The molecular weight excluding hydrogens is 318 g/mol. The van der Waals surface area contributed by atoms with Gasteiger partial charge in [0, 0.05) is 12.5 Å². The Bertz CT molecular complexity index is 664. The van der Waals surface area contributed by atoms with Crippen LogP contribution in [0.2, 0.25) is 0 Å². The molecular formula is C19H25N3O3. The predicted molar refractivity (Wildman–Crippen MR) is 94.4 cm³/mol. The monoisotopic (exact) mass is 343 g/mol. The van der Waals surface area contributed by atoms with E-state index in [1.165, 1.54) is 0 Å². The summed E-state index contributed by atoms with van der Waals surface area (Å²) < 4.78 is 10.9. The number of rotatable bonds is 7. The molecule has 6 nitrogen and oxygen atoms in total. The van der Waals surface area contributed by atoms with Crippen LogP contribution >= 0.6 is 0 Å². The SMILES string of the molecule is CCOc1cccc(CNC(=O)CN2CCC(c3ncco3)CC2)c1. The molecule has 1 amide bonds. The van der Waals surface area contributed by atoms with Crippen LogP contribution in [0, 0.1) is 0 Å². The van der Waals surface area contributed by atoms with E-state index in [2.05, 4.69) is 15.2 Å². The molecule has 0 bridgehead atoms. The van der Waals surface area contributed by atoms with Crippen molar-refractivity contribution < 1.29 is 13.9 Å². The molecule has 1 aliphatic heterocycles. The summed E-state index contributed by atoms with van der Waals surface area (Å²) in [6, 6.07) is 7.82. The number of likely N-dealkylation sites (tertiary alicyclic amines) is 1. The minimum absolute atomic E-state index is 0.0522. The van der Waals surface area contributed by atoms with Gasteiger partial charge in [0.05, 0.1) is 19.3 Å². The molecule has 2 aromatic rings. The van der Waals surface area contributed by atoms with Gasteiger partial charge in [-0.15, -0.1) is 0 Å². The van der Waals surface area contributed by atoms with Gasteiger partial charge in [0.1, 0.15) is 12.0 Å². The van der Waals surface area contributed by atoms with Gasteiger partial charge in [0.2, 0.25) is 5.91 Å². The fraction of sp³-hybridized carbons (Fsp3) is 0.474. The Morgan fingerprint density at radius 2 is 2.24 bits per heavy atom. The van der Waals surface area contributed by atoms with Gasteiger partial charge in [-0.05, 0) is 50.6 Å². The van der Waals surface area contributed by atoms with E-state index in [4.69, 9.17) is 9.15 Å². The van der Waals surface area contributed by atoms with E-state index in [1.54, 1.807) is 12.5 Å². The highest BCUT2D eigenvalue weighted by Gasteiger charge is 2.24. The molecule has 0 radical (unpaired) electrons. The summed E-state index contributed by atoms with van der Waals surface area (Å²) in [6.45, 7) is 5.33. The van der Waals surface area contributed by atoms with Crippen LogP contribution in [-0.4, -0.2) is 42.0 Å². The third-order valence-electron chi connectivity index (χ3n) is 4.45. The molecule has 0 atom stereocenters. The number of hydrogen-bond acceptors (Lipinski definition) is 5. The standard InChI is InChI=1S/C19H25N3O3/c1-2-24-17-5-3-4-15(12-17)13-21-18(23)14-22-9-6-16(7-10-22)19-20-8-11-25-19/h3-5,8,11-12,16H,2,6-7,9-10,13-14H2,1H3,(H,21,23). The van der Waals surface area contributed by atoms with E-state index < -0.39 is 0 Å². The molecule has 0 spiro atoms. The number of piperidine rings is 1. The second-order valence-electron chi connectivity index (χ2n) is 6.28. The van der Waals surface area contributed by atoms with Crippen molar-refractivity contribution in [2.75, 3.05) is 26.2 Å². The average molecular weight is 343 g/mol. The molecule has 0 unspecified atom stereocenters. The molecule has 6 heteroatoms. The lowest BCUT2D eigenvalue weighted by Crippen LogP contribution is -2.41. The molecule has 1 aliphatic rings. The first-order chi connectivity index (χ1) is 12.2. The molecule has 134 valence electrons. The normalized spacial score (nSPS) is 15.9. The fourth-order valence-electron chi connectivity index (χ4n) is 3.15. The van der Waals surface area contributed by atoms with Gasteiger partial charge in [-0.3, -0.25) is 9.69 Å². The lowest BCUT2D eigenvalue weighted by atomic mass is 9.97. The Labute approximate surface area is 148 Å². The number of nitrogens with zero attached hydrogens (tertiary/aromatic N) is 2. The number of oxazole rings is 1. The Morgan fingerprint density at radius 3 is 2.96 bits per heavy atom. The van der Waals surface area contributed by atoms with E-state index in [0.717, 1.165) is 43.1 Å². The van der Waals surface area contributed by atoms with Crippen molar-refractivity contribution in [2.24, 2.45) is 0 Å². The molecule has 1 N–H and O–H groups in total. The Morgan fingerprint density at radius 1 is 1.40 bits per heavy atom.